The van der Waals surface area contributed by atoms with Crippen molar-refractivity contribution >= 4 is 33.4 Å². The van der Waals surface area contributed by atoms with E-state index in [0.717, 1.165) is 44.5 Å². The minimum absolute atomic E-state index is 0.298. The fourth-order valence-corrected chi connectivity index (χ4v) is 7.95. The quantitative estimate of drug-likeness (QED) is 0.106. The van der Waals surface area contributed by atoms with Crippen molar-refractivity contribution in [2.45, 2.75) is 40.5 Å². The lowest BCUT2D eigenvalue weighted by Crippen LogP contribution is -2.26. The monoisotopic (exact) mass is 784 g/mol. The van der Waals surface area contributed by atoms with Gasteiger partial charge in [-0.05, 0) is 87.1 Å². The molecule has 0 atom stereocenters. The van der Waals surface area contributed by atoms with Gasteiger partial charge in [-0.3, -0.25) is 9.59 Å². The average molecular weight is 785 g/mol. The maximum atomic E-state index is 14.1. The highest BCUT2D eigenvalue weighted by Crippen LogP contribution is 2.52. The lowest BCUT2D eigenvalue weighted by Gasteiger charge is -2.24. The molecule has 0 aliphatic heterocycles. The molecular formula is C48H52N2O8. The summed E-state index contributed by atoms with van der Waals surface area (Å²) in [5.41, 5.74) is 8.41. The molecule has 58 heavy (non-hydrogen) atoms. The molecule has 0 fully saturated rings. The smallest absolute Gasteiger partial charge is 0.255 e. The van der Waals surface area contributed by atoms with E-state index in [0.29, 0.717) is 93.1 Å². The van der Waals surface area contributed by atoms with E-state index in [-0.39, 0.29) is 11.8 Å². The van der Waals surface area contributed by atoms with Crippen LogP contribution in [0.3, 0.4) is 0 Å². The number of benzene rings is 6. The van der Waals surface area contributed by atoms with Crippen LogP contribution in [0.15, 0.2) is 72.8 Å². The zero-order valence-electron chi connectivity index (χ0n) is 35.0. The Morgan fingerprint density at radius 2 is 0.845 bits per heavy atom. The first-order valence-electron chi connectivity index (χ1n) is 19.2. The lowest BCUT2D eigenvalue weighted by molar-refractivity contribution is 0.0943. The van der Waals surface area contributed by atoms with Crippen LogP contribution in [-0.2, 0) is 12.8 Å². The first-order chi connectivity index (χ1) is 28.0. The van der Waals surface area contributed by atoms with E-state index in [1.54, 1.807) is 28.4 Å². The van der Waals surface area contributed by atoms with Gasteiger partial charge in [-0.15, -0.1) is 0 Å². The Kier molecular flexibility index (Phi) is 12.6. The van der Waals surface area contributed by atoms with Gasteiger partial charge in [0.1, 0.15) is 11.5 Å². The van der Waals surface area contributed by atoms with Gasteiger partial charge in [0.25, 0.3) is 11.8 Å². The van der Waals surface area contributed by atoms with Crippen molar-refractivity contribution in [2.24, 2.45) is 0 Å². The number of amides is 2. The van der Waals surface area contributed by atoms with Crippen molar-refractivity contribution < 1.29 is 38.0 Å². The third kappa shape index (κ3) is 7.92. The normalized spacial score (nSPS) is 11.0. The van der Waals surface area contributed by atoms with Crippen molar-refractivity contribution in [1.82, 2.24) is 10.6 Å². The van der Waals surface area contributed by atoms with E-state index >= 15 is 0 Å². The summed E-state index contributed by atoms with van der Waals surface area (Å²) < 4.78 is 35.8. The second-order valence-corrected chi connectivity index (χ2v) is 14.4. The van der Waals surface area contributed by atoms with Crippen LogP contribution in [0, 0.1) is 27.7 Å². The Morgan fingerprint density at radius 1 is 0.466 bits per heavy atom. The lowest BCUT2D eigenvalue weighted by atomic mass is 9.87. The van der Waals surface area contributed by atoms with Gasteiger partial charge in [0.2, 0.25) is 0 Å². The molecule has 0 saturated heterocycles. The van der Waals surface area contributed by atoms with Crippen LogP contribution in [0.1, 0.15) is 54.1 Å². The van der Waals surface area contributed by atoms with Gasteiger partial charge in [-0.25, -0.2) is 0 Å². The number of methoxy groups -OCH3 is 6. The predicted octanol–water partition coefficient (Wildman–Crippen LogP) is 8.89. The molecule has 0 unspecified atom stereocenters. The predicted molar refractivity (Wildman–Crippen MR) is 230 cm³/mol. The molecule has 0 radical (unpaired) electrons. The van der Waals surface area contributed by atoms with Crippen molar-refractivity contribution in [2.75, 3.05) is 55.7 Å². The third-order valence-electron chi connectivity index (χ3n) is 10.5. The summed E-state index contributed by atoms with van der Waals surface area (Å²) in [5.74, 6) is 1.83. The van der Waals surface area contributed by atoms with E-state index < -0.39 is 0 Å². The number of nitrogens with one attached hydrogen (secondary N) is 2. The van der Waals surface area contributed by atoms with Crippen molar-refractivity contribution in [3.05, 3.63) is 117 Å². The minimum Gasteiger partial charge on any atom is -0.495 e. The number of aryl methyl sites for hydroxylation is 4. The molecule has 6 rings (SSSR count). The fourth-order valence-electron chi connectivity index (χ4n) is 7.95. The van der Waals surface area contributed by atoms with E-state index in [4.69, 9.17) is 28.4 Å². The van der Waals surface area contributed by atoms with Crippen LogP contribution in [0.5, 0.6) is 34.5 Å². The molecule has 0 spiro atoms. The number of hydrogen-bond acceptors (Lipinski definition) is 8. The molecule has 10 heteroatoms. The van der Waals surface area contributed by atoms with Crippen LogP contribution in [-0.4, -0.2) is 67.6 Å². The molecule has 0 aromatic heterocycles. The molecule has 10 nitrogen and oxygen atoms in total. The summed E-state index contributed by atoms with van der Waals surface area (Å²) in [7, 11) is 9.34. The second kappa shape index (κ2) is 17.8. The summed E-state index contributed by atoms with van der Waals surface area (Å²) in [4.78, 5) is 28.2. The highest BCUT2D eigenvalue weighted by atomic mass is 16.5. The molecule has 6 aromatic rings. The average Bonchev–Trinajstić information content (AvgIpc) is 3.21. The van der Waals surface area contributed by atoms with Gasteiger partial charge in [0, 0.05) is 45.8 Å². The number of ether oxygens (including phenoxy) is 6. The number of rotatable bonds is 15. The highest BCUT2D eigenvalue weighted by Gasteiger charge is 2.30. The molecule has 0 aliphatic rings. The minimum atomic E-state index is -0.298. The zero-order chi connectivity index (χ0) is 41.7. The first kappa shape index (κ1) is 41.2. The van der Waals surface area contributed by atoms with Crippen LogP contribution in [0.2, 0.25) is 0 Å². The largest absolute Gasteiger partial charge is 0.495 e. The van der Waals surface area contributed by atoms with E-state index in [2.05, 4.69) is 34.9 Å². The molecule has 0 saturated carbocycles. The summed E-state index contributed by atoms with van der Waals surface area (Å²) in [6.45, 7) is 8.89. The SMILES string of the molecule is COc1cc2c(OC)c(-c3c(C)cc4c(C(=O)NCCc5cccc(C)c5)c(OC)c(OC)cc4c3OC)c(C)cc2c(C(=O)NCCc2cccc(C)c2)c1OC. The van der Waals surface area contributed by atoms with Crippen molar-refractivity contribution in [1.29, 1.82) is 0 Å². The summed E-state index contributed by atoms with van der Waals surface area (Å²) >= 11 is 0. The van der Waals surface area contributed by atoms with Gasteiger partial charge in [0.05, 0.1) is 53.8 Å². The van der Waals surface area contributed by atoms with Gasteiger partial charge in [0.15, 0.2) is 23.0 Å². The maximum absolute atomic E-state index is 14.1. The molecular weight excluding hydrogens is 733 g/mol. The maximum Gasteiger partial charge on any atom is 0.255 e. The van der Waals surface area contributed by atoms with E-state index in [1.165, 1.54) is 14.2 Å². The Labute approximate surface area is 340 Å². The first-order valence-corrected chi connectivity index (χ1v) is 19.2. The van der Waals surface area contributed by atoms with E-state index in [9.17, 15) is 9.59 Å². The van der Waals surface area contributed by atoms with Crippen molar-refractivity contribution in [3.8, 4) is 45.6 Å². The molecule has 6 aromatic carbocycles. The summed E-state index contributed by atoms with van der Waals surface area (Å²) in [6, 6.07) is 24.1. The summed E-state index contributed by atoms with van der Waals surface area (Å²) in [6.07, 6.45) is 1.33. The second-order valence-electron chi connectivity index (χ2n) is 14.4. The van der Waals surface area contributed by atoms with Crippen molar-refractivity contribution in [3.63, 3.8) is 0 Å². The number of hydrogen-bond donors (Lipinski definition) is 2. The molecule has 0 aliphatic carbocycles. The van der Waals surface area contributed by atoms with E-state index in [1.807, 2.05) is 76.2 Å². The van der Waals surface area contributed by atoms with Crippen LogP contribution in [0.4, 0.5) is 0 Å². The number of carbonyl (C=O) groups excluding carboxylic acids is 2. The molecule has 2 amide bonds. The third-order valence-corrected chi connectivity index (χ3v) is 10.5. The van der Waals surface area contributed by atoms with Crippen LogP contribution < -0.4 is 39.1 Å². The fraction of sp³-hybridized carbons (Fsp3) is 0.292. The highest BCUT2D eigenvalue weighted by molar-refractivity contribution is 6.16. The van der Waals surface area contributed by atoms with Crippen LogP contribution >= 0.6 is 0 Å². The standard InChI is InChI=1S/C48H52N2O8/c1-27-13-11-15-31(21-27)17-19-49-47(51)41-33-23-29(3)39(43(55-7)35(33)25-37(53-5)45(41)57-9)40-30(4)24-34-36(44(40)56-8)26-38(54-6)46(58-10)42(34)48(52)50-20-18-32-16-12-14-28(2)22-32/h11-16,21-26H,17-20H2,1-10H3,(H,49,51)(H,50,52). The molecule has 0 bridgehead atoms. The van der Waals surface area contributed by atoms with Gasteiger partial charge in [-0.2, -0.15) is 0 Å². The van der Waals surface area contributed by atoms with Gasteiger partial charge < -0.3 is 39.1 Å². The van der Waals surface area contributed by atoms with Gasteiger partial charge >= 0.3 is 0 Å². The molecule has 0 heterocycles. The Morgan fingerprint density at radius 3 is 1.17 bits per heavy atom. The Balaban J connectivity index is 1.50. The van der Waals surface area contributed by atoms with Crippen LogP contribution in [0.25, 0.3) is 32.7 Å². The van der Waals surface area contributed by atoms with Gasteiger partial charge in [-0.1, -0.05) is 59.7 Å². The zero-order valence-corrected chi connectivity index (χ0v) is 35.0. The summed E-state index contributed by atoms with van der Waals surface area (Å²) in [5, 5.41) is 8.77. The Bertz CT molecular complexity index is 2350. The number of fused-ring (bicyclic) bond motifs is 2. The topological polar surface area (TPSA) is 114 Å². The molecule has 302 valence electrons. The molecule has 2 N–H and O–H groups in total. The Hall–Kier alpha value is -6.42. The number of carbonyl (C=O) groups is 2.